The van der Waals surface area contributed by atoms with E-state index in [1.807, 2.05) is 13.4 Å². The molecule has 3 aliphatic carbocycles. The molecule has 136 valence electrons. The molecule has 0 saturated heterocycles. The van der Waals surface area contributed by atoms with Crippen molar-refractivity contribution < 1.29 is 0 Å². The molecule has 0 amide bonds. The molecular formula is C22H28N4. The topological polar surface area (TPSA) is 31.2 Å². The monoisotopic (exact) mass is 348 g/mol. The van der Waals surface area contributed by atoms with Gasteiger partial charge in [0.1, 0.15) is 0 Å². The van der Waals surface area contributed by atoms with Crippen LogP contribution in [0.4, 0.5) is 0 Å². The quantitative estimate of drug-likeness (QED) is 0.562. The molecule has 0 heterocycles. The van der Waals surface area contributed by atoms with Gasteiger partial charge in [0.25, 0.3) is 0 Å². The molecule has 2 unspecified atom stereocenters. The van der Waals surface area contributed by atoms with E-state index in [-0.39, 0.29) is 6.04 Å². The van der Waals surface area contributed by atoms with E-state index in [2.05, 4.69) is 88.7 Å². The zero-order chi connectivity index (χ0) is 18.2. The first kappa shape index (κ1) is 18.2. The Balaban J connectivity index is 1.84. The van der Waals surface area contributed by atoms with Crippen LogP contribution in [0.25, 0.3) is 0 Å². The van der Waals surface area contributed by atoms with Crippen molar-refractivity contribution in [2.75, 3.05) is 14.1 Å². The van der Waals surface area contributed by atoms with E-state index >= 15 is 0 Å². The van der Waals surface area contributed by atoms with Crippen molar-refractivity contribution in [1.29, 1.82) is 0 Å². The van der Waals surface area contributed by atoms with Crippen molar-refractivity contribution in [3.63, 3.8) is 0 Å². The summed E-state index contributed by atoms with van der Waals surface area (Å²) >= 11 is 0. The molecule has 0 N–H and O–H groups in total. The molecule has 26 heavy (non-hydrogen) atoms. The summed E-state index contributed by atoms with van der Waals surface area (Å²) in [5.41, 5.74) is 1.23. The lowest BCUT2D eigenvalue weighted by Gasteiger charge is -2.35. The molecule has 4 nitrogen and oxygen atoms in total. The maximum Gasteiger partial charge on any atom is 0.206 e. The molecule has 0 aromatic rings. The Kier molecular flexibility index (Phi) is 6.42. The summed E-state index contributed by atoms with van der Waals surface area (Å²) in [6.07, 6.45) is 29.5. The molecule has 0 aliphatic heterocycles. The van der Waals surface area contributed by atoms with Crippen molar-refractivity contribution >= 4 is 12.3 Å². The molecule has 4 heteroatoms. The van der Waals surface area contributed by atoms with Crippen molar-refractivity contribution in [2.24, 2.45) is 9.98 Å². The van der Waals surface area contributed by atoms with Crippen LogP contribution in [0, 0.1) is 0 Å². The molecule has 3 aliphatic rings. The van der Waals surface area contributed by atoms with Gasteiger partial charge in [-0.1, -0.05) is 60.8 Å². The van der Waals surface area contributed by atoms with Crippen LogP contribution in [0.5, 0.6) is 0 Å². The highest BCUT2D eigenvalue weighted by molar-refractivity contribution is 5.92. The van der Waals surface area contributed by atoms with Gasteiger partial charge in [-0.2, -0.15) is 0 Å². The van der Waals surface area contributed by atoms with E-state index in [1.165, 1.54) is 5.70 Å². The molecule has 0 aromatic carbocycles. The van der Waals surface area contributed by atoms with E-state index in [0.29, 0.717) is 6.04 Å². The third-order valence-corrected chi connectivity index (χ3v) is 4.82. The number of likely N-dealkylation sites (N-methyl/N-ethyl adjacent to an activating group) is 1. The van der Waals surface area contributed by atoms with Gasteiger partial charge in [0.05, 0.1) is 18.4 Å². The predicted octanol–water partition coefficient (Wildman–Crippen LogP) is 4.24. The molecule has 0 saturated carbocycles. The Morgan fingerprint density at radius 1 is 1.04 bits per heavy atom. The van der Waals surface area contributed by atoms with Gasteiger partial charge in [0, 0.05) is 19.8 Å². The standard InChI is InChI=1S/C22H28N4/c1-23-22(25(2)20-14-8-4-9-15-20)26(21-16-10-5-11-17-21)18-24-19-12-6-3-7-13-19/h3-10,12,14,16,18-20H,11,13,15,17H2,1-2H3. The van der Waals surface area contributed by atoms with E-state index in [1.54, 1.807) is 0 Å². The van der Waals surface area contributed by atoms with Crippen LogP contribution in [-0.4, -0.2) is 48.3 Å². The Morgan fingerprint density at radius 3 is 2.46 bits per heavy atom. The maximum absolute atomic E-state index is 4.81. The summed E-state index contributed by atoms with van der Waals surface area (Å²) in [4.78, 5) is 13.8. The normalized spacial score (nSPS) is 25.0. The highest BCUT2D eigenvalue weighted by Crippen LogP contribution is 2.20. The zero-order valence-electron chi connectivity index (χ0n) is 15.7. The fraction of sp³-hybridized carbons (Fsp3) is 0.364. The van der Waals surface area contributed by atoms with Crippen LogP contribution in [0.3, 0.4) is 0 Å². The number of rotatable bonds is 4. The van der Waals surface area contributed by atoms with Gasteiger partial charge in [-0.05, 0) is 31.8 Å². The summed E-state index contributed by atoms with van der Waals surface area (Å²) in [6.45, 7) is 0. The summed E-state index contributed by atoms with van der Waals surface area (Å²) in [7, 11) is 3.97. The van der Waals surface area contributed by atoms with Crippen molar-refractivity contribution in [1.82, 2.24) is 9.80 Å². The Bertz CT molecular complexity index is 718. The summed E-state index contributed by atoms with van der Waals surface area (Å²) in [5.74, 6) is 0.926. The van der Waals surface area contributed by atoms with Gasteiger partial charge in [-0.25, -0.2) is 0 Å². The molecule has 2 atom stereocenters. The number of hydrogen-bond acceptors (Lipinski definition) is 2. The highest BCUT2D eigenvalue weighted by Gasteiger charge is 2.23. The second-order valence-electron chi connectivity index (χ2n) is 6.63. The first-order valence-electron chi connectivity index (χ1n) is 9.34. The van der Waals surface area contributed by atoms with Crippen molar-refractivity contribution in [3.05, 3.63) is 72.5 Å². The SMILES string of the molecule is CN=C(N(C=NC1C=CC=CC1)C1=CC=CCC1)N(C)C1C=CC=CC1. The number of aliphatic imine (C=N–C) groups is 2. The maximum atomic E-state index is 4.81. The number of hydrogen-bond donors (Lipinski definition) is 0. The predicted molar refractivity (Wildman–Crippen MR) is 111 cm³/mol. The zero-order valence-corrected chi connectivity index (χ0v) is 15.7. The second kappa shape index (κ2) is 9.18. The molecule has 3 rings (SSSR count). The van der Waals surface area contributed by atoms with E-state index in [0.717, 1.165) is 31.6 Å². The van der Waals surface area contributed by atoms with E-state index in [9.17, 15) is 0 Å². The van der Waals surface area contributed by atoms with Crippen LogP contribution >= 0.6 is 0 Å². The minimum absolute atomic E-state index is 0.197. The Labute approximate surface area is 157 Å². The lowest BCUT2D eigenvalue weighted by Crippen LogP contribution is -2.46. The third kappa shape index (κ3) is 4.51. The van der Waals surface area contributed by atoms with Crippen LogP contribution in [0.2, 0.25) is 0 Å². The molecule has 0 radical (unpaired) electrons. The Hall–Kier alpha value is -2.62. The molecule has 0 fully saturated rings. The molecule has 0 aromatic heterocycles. The first-order chi connectivity index (χ1) is 12.8. The van der Waals surface area contributed by atoms with Crippen LogP contribution < -0.4 is 0 Å². The first-order valence-corrected chi connectivity index (χ1v) is 9.34. The summed E-state index contributed by atoms with van der Waals surface area (Å²) in [5, 5.41) is 0. The van der Waals surface area contributed by atoms with Crippen LogP contribution in [0.15, 0.2) is 82.5 Å². The number of allylic oxidation sites excluding steroid dienone is 8. The lowest BCUT2D eigenvalue weighted by molar-refractivity contribution is 0.389. The van der Waals surface area contributed by atoms with Gasteiger partial charge >= 0.3 is 0 Å². The van der Waals surface area contributed by atoms with Gasteiger partial charge in [-0.3, -0.25) is 14.9 Å². The number of nitrogens with zero attached hydrogens (tertiary/aromatic N) is 4. The van der Waals surface area contributed by atoms with Crippen LogP contribution in [0.1, 0.15) is 25.7 Å². The van der Waals surface area contributed by atoms with Crippen molar-refractivity contribution in [3.8, 4) is 0 Å². The fourth-order valence-electron chi connectivity index (χ4n) is 3.31. The molecule has 0 spiro atoms. The van der Waals surface area contributed by atoms with E-state index in [4.69, 9.17) is 4.99 Å². The van der Waals surface area contributed by atoms with Gasteiger partial charge < -0.3 is 4.90 Å². The molecule has 0 bridgehead atoms. The molecular weight excluding hydrogens is 320 g/mol. The van der Waals surface area contributed by atoms with Gasteiger partial charge in [0.15, 0.2) is 0 Å². The van der Waals surface area contributed by atoms with Crippen LogP contribution in [-0.2, 0) is 0 Å². The largest absolute Gasteiger partial charge is 0.339 e. The smallest absolute Gasteiger partial charge is 0.206 e. The average molecular weight is 348 g/mol. The fourth-order valence-corrected chi connectivity index (χ4v) is 3.31. The van der Waals surface area contributed by atoms with Gasteiger partial charge in [-0.15, -0.1) is 0 Å². The van der Waals surface area contributed by atoms with Crippen molar-refractivity contribution in [2.45, 2.75) is 37.8 Å². The number of guanidine groups is 1. The summed E-state index contributed by atoms with van der Waals surface area (Å²) in [6, 6.07) is 0.509. The second-order valence-corrected chi connectivity index (χ2v) is 6.63. The minimum atomic E-state index is 0.197. The van der Waals surface area contributed by atoms with Gasteiger partial charge in [0.2, 0.25) is 5.96 Å². The highest BCUT2D eigenvalue weighted by atomic mass is 15.4. The summed E-state index contributed by atoms with van der Waals surface area (Å²) < 4.78 is 0. The minimum Gasteiger partial charge on any atom is -0.339 e. The third-order valence-electron chi connectivity index (χ3n) is 4.82. The lowest BCUT2D eigenvalue weighted by atomic mass is 10.1. The Morgan fingerprint density at radius 2 is 1.85 bits per heavy atom. The average Bonchev–Trinajstić information content (AvgIpc) is 2.72. The van der Waals surface area contributed by atoms with E-state index < -0.39 is 0 Å².